The summed E-state index contributed by atoms with van der Waals surface area (Å²) in [6, 6.07) is 6.42. The van der Waals surface area contributed by atoms with Crippen LogP contribution >= 0.6 is 0 Å². The number of hydrogen-bond donors (Lipinski definition) is 1. The summed E-state index contributed by atoms with van der Waals surface area (Å²) in [4.78, 5) is 12.0. The van der Waals surface area contributed by atoms with Crippen molar-refractivity contribution in [2.45, 2.75) is 39.0 Å². The Labute approximate surface area is 139 Å². The highest BCUT2D eigenvalue weighted by Crippen LogP contribution is 2.27. The van der Waals surface area contributed by atoms with Gasteiger partial charge >= 0.3 is 0 Å². The van der Waals surface area contributed by atoms with Gasteiger partial charge in [0.2, 0.25) is 15.9 Å². The zero-order valence-corrected chi connectivity index (χ0v) is 15.1. The van der Waals surface area contributed by atoms with Crippen molar-refractivity contribution in [3.05, 3.63) is 24.3 Å². The van der Waals surface area contributed by atoms with Crippen molar-refractivity contribution in [1.82, 2.24) is 4.31 Å². The molecular weight excluding hydrogens is 312 g/mol. The van der Waals surface area contributed by atoms with E-state index < -0.39 is 10.0 Å². The Morgan fingerprint density at radius 2 is 1.65 bits per heavy atom. The number of sulfonamides is 1. The van der Waals surface area contributed by atoms with Crippen molar-refractivity contribution >= 4 is 21.6 Å². The summed E-state index contributed by atoms with van der Waals surface area (Å²) in [5.74, 6) is 0.547. The summed E-state index contributed by atoms with van der Waals surface area (Å²) in [6.45, 7) is 8.93. The second-order valence-corrected chi connectivity index (χ2v) is 8.87. The number of anilines is 1. The van der Waals surface area contributed by atoms with E-state index in [1.54, 1.807) is 28.6 Å². The van der Waals surface area contributed by atoms with Crippen LogP contribution in [0.2, 0.25) is 0 Å². The summed E-state index contributed by atoms with van der Waals surface area (Å²) in [5.41, 5.74) is 0.614. The van der Waals surface area contributed by atoms with E-state index in [0.717, 1.165) is 6.42 Å². The van der Waals surface area contributed by atoms with Crippen molar-refractivity contribution in [1.29, 1.82) is 0 Å². The quantitative estimate of drug-likeness (QED) is 0.918. The Morgan fingerprint density at radius 1 is 1.13 bits per heavy atom. The van der Waals surface area contributed by atoms with Crippen molar-refractivity contribution in [2.75, 3.05) is 18.4 Å². The van der Waals surface area contributed by atoms with Crippen molar-refractivity contribution < 1.29 is 13.2 Å². The molecule has 1 fully saturated rings. The van der Waals surface area contributed by atoms with E-state index in [-0.39, 0.29) is 16.7 Å². The topological polar surface area (TPSA) is 66.5 Å². The van der Waals surface area contributed by atoms with Gasteiger partial charge in [-0.2, -0.15) is 4.31 Å². The molecule has 0 aromatic heterocycles. The van der Waals surface area contributed by atoms with Crippen LogP contribution in [0.1, 0.15) is 34.1 Å². The van der Waals surface area contributed by atoms with E-state index in [1.165, 1.54) is 0 Å². The lowest BCUT2D eigenvalue weighted by Crippen LogP contribution is -2.42. The van der Waals surface area contributed by atoms with Crippen LogP contribution in [0.5, 0.6) is 0 Å². The minimum atomic E-state index is -3.47. The number of rotatable bonds is 4. The zero-order chi connectivity index (χ0) is 17.2. The van der Waals surface area contributed by atoms with Gasteiger partial charge in [-0.1, -0.05) is 27.7 Å². The molecule has 2 rings (SSSR count). The molecule has 1 saturated heterocycles. The minimum Gasteiger partial charge on any atom is -0.326 e. The van der Waals surface area contributed by atoms with Crippen LogP contribution in [0.4, 0.5) is 5.69 Å². The lowest BCUT2D eigenvalue weighted by Gasteiger charge is -2.34. The normalized spacial score (nSPS) is 23.0. The smallest absolute Gasteiger partial charge is 0.243 e. The number of nitrogens with one attached hydrogen (secondary N) is 1. The highest BCUT2D eigenvalue weighted by molar-refractivity contribution is 7.89. The highest BCUT2D eigenvalue weighted by Gasteiger charge is 2.31. The third-order valence-corrected chi connectivity index (χ3v) is 5.97. The second-order valence-electron chi connectivity index (χ2n) is 6.94. The maximum Gasteiger partial charge on any atom is 0.243 e. The van der Waals surface area contributed by atoms with E-state index >= 15 is 0 Å². The first kappa shape index (κ1) is 17.9. The van der Waals surface area contributed by atoms with Crippen molar-refractivity contribution in [3.8, 4) is 0 Å². The third-order valence-electron chi connectivity index (χ3n) is 4.12. The molecule has 1 aliphatic heterocycles. The molecule has 1 aromatic rings. The fraction of sp³-hybridized carbons (Fsp3) is 0.588. The third kappa shape index (κ3) is 4.32. The predicted octanol–water partition coefficient (Wildman–Crippen LogP) is 2.95. The number of amides is 1. The summed E-state index contributed by atoms with van der Waals surface area (Å²) in [5, 5.41) is 2.77. The Hall–Kier alpha value is -1.40. The van der Waals surface area contributed by atoms with Crippen LogP contribution in [-0.2, 0) is 14.8 Å². The minimum absolute atomic E-state index is 0.0840. The molecule has 23 heavy (non-hydrogen) atoms. The van der Waals surface area contributed by atoms with Crippen LogP contribution in [0.15, 0.2) is 29.2 Å². The number of hydrogen-bond acceptors (Lipinski definition) is 3. The van der Waals surface area contributed by atoms with Crippen LogP contribution in [0.3, 0.4) is 0 Å². The van der Waals surface area contributed by atoms with Crippen molar-refractivity contribution in [2.24, 2.45) is 17.8 Å². The number of benzene rings is 1. The molecule has 0 bridgehead atoms. The largest absolute Gasteiger partial charge is 0.326 e. The number of piperidine rings is 1. The Balaban J connectivity index is 2.16. The van der Waals surface area contributed by atoms with Crippen LogP contribution in [-0.4, -0.2) is 31.7 Å². The van der Waals surface area contributed by atoms with Gasteiger partial charge < -0.3 is 5.32 Å². The van der Waals surface area contributed by atoms with Crippen LogP contribution in [0, 0.1) is 17.8 Å². The molecule has 1 heterocycles. The molecule has 128 valence electrons. The van der Waals surface area contributed by atoms with E-state index in [2.05, 4.69) is 19.2 Å². The number of carbonyl (C=O) groups excluding carboxylic acids is 1. The van der Waals surface area contributed by atoms with Crippen LogP contribution in [0.25, 0.3) is 0 Å². The molecule has 0 radical (unpaired) electrons. The first-order chi connectivity index (χ1) is 10.7. The summed E-state index contributed by atoms with van der Waals surface area (Å²) < 4.78 is 27.1. The maximum absolute atomic E-state index is 12.8. The average Bonchev–Trinajstić information content (AvgIpc) is 2.46. The molecule has 1 amide bonds. The van der Waals surface area contributed by atoms with E-state index in [4.69, 9.17) is 0 Å². The molecule has 0 aliphatic carbocycles. The average molecular weight is 338 g/mol. The predicted molar refractivity (Wildman–Crippen MR) is 91.6 cm³/mol. The first-order valence-corrected chi connectivity index (χ1v) is 9.55. The Bertz CT molecular complexity index is 643. The van der Waals surface area contributed by atoms with Gasteiger partial charge in [0.05, 0.1) is 4.90 Å². The van der Waals surface area contributed by atoms with Gasteiger partial charge in [0.15, 0.2) is 0 Å². The molecule has 6 heteroatoms. The number of carbonyl (C=O) groups is 1. The van der Waals surface area contributed by atoms with E-state index in [9.17, 15) is 13.2 Å². The first-order valence-electron chi connectivity index (χ1n) is 8.11. The summed E-state index contributed by atoms with van der Waals surface area (Å²) in [7, 11) is -3.47. The second kappa shape index (κ2) is 7.01. The molecule has 2 atom stereocenters. The van der Waals surface area contributed by atoms with E-state index in [0.29, 0.717) is 30.6 Å². The van der Waals surface area contributed by atoms with Gasteiger partial charge in [0, 0.05) is 24.7 Å². The molecule has 1 aromatic carbocycles. The maximum atomic E-state index is 12.8. The lowest BCUT2D eigenvalue weighted by atomic mass is 9.94. The zero-order valence-electron chi connectivity index (χ0n) is 14.2. The van der Waals surface area contributed by atoms with Crippen LogP contribution < -0.4 is 5.32 Å². The van der Waals surface area contributed by atoms with Gasteiger partial charge in [0.1, 0.15) is 0 Å². The standard InChI is InChI=1S/C17H26N2O3S/c1-12(2)17(20)18-15-5-7-16(8-6-15)23(21,22)19-10-13(3)9-14(4)11-19/h5-8,12-14H,9-11H2,1-4H3,(H,18,20). The van der Waals surface area contributed by atoms with Gasteiger partial charge in [-0.25, -0.2) is 8.42 Å². The van der Waals surface area contributed by atoms with Gasteiger partial charge in [0.25, 0.3) is 0 Å². The summed E-state index contributed by atoms with van der Waals surface area (Å²) in [6.07, 6.45) is 1.06. The molecule has 5 nitrogen and oxygen atoms in total. The number of nitrogens with zero attached hydrogens (tertiary/aromatic N) is 1. The molecule has 1 N–H and O–H groups in total. The monoisotopic (exact) mass is 338 g/mol. The van der Waals surface area contributed by atoms with Crippen molar-refractivity contribution in [3.63, 3.8) is 0 Å². The van der Waals surface area contributed by atoms with Gasteiger partial charge in [-0.05, 0) is 42.5 Å². The summed E-state index contributed by atoms with van der Waals surface area (Å²) >= 11 is 0. The Morgan fingerprint density at radius 3 is 2.13 bits per heavy atom. The fourth-order valence-electron chi connectivity index (χ4n) is 2.95. The Kier molecular flexibility index (Phi) is 5.47. The molecule has 1 aliphatic rings. The van der Waals surface area contributed by atoms with E-state index in [1.807, 2.05) is 13.8 Å². The molecular formula is C17H26N2O3S. The van der Waals surface area contributed by atoms with Gasteiger partial charge in [-0.3, -0.25) is 4.79 Å². The lowest BCUT2D eigenvalue weighted by molar-refractivity contribution is -0.118. The fourth-order valence-corrected chi connectivity index (χ4v) is 4.63. The van der Waals surface area contributed by atoms with Gasteiger partial charge in [-0.15, -0.1) is 0 Å². The highest BCUT2D eigenvalue weighted by atomic mass is 32.2. The molecule has 2 unspecified atom stereocenters. The SMILES string of the molecule is CC1CC(C)CN(S(=O)(=O)c2ccc(NC(=O)C(C)C)cc2)C1. The molecule has 0 saturated carbocycles. The molecule has 0 spiro atoms.